The molecular formula is C12H11F3O4. The minimum atomic E-state index is -4.83. The van der Waals surface area contributed by atoms with Gasteiger partial charge in [0.1, 0.15) is 11.3 Å². The van der Waals surface area contributed by atoms with Crippen molar-refractivity contribution in [3.63, 3.8) is 0 Å². The number of alkyl halides is 3. The first-order valence-corrected chi connectivity index (χ1v) is 5.79. The highest BCUT2D eigenvalue weighted by atomic mass is 19.4. The van der Waals surface area contributed by atoms with Crippen molar-refractivity contribution in [2.45, 2.75) is 32.4 Å². The van der Waals surface area contributed by atoms with E-state index in [1.54, 1.807) is 0 Å². The topological polar surface area (TPSA) is 56.5 Å². The third-order valence-electron chi connectivity index (χ3n) is 2.81. The monoisotopic (exact) mass is 276 g/mol. The fourth-order valence-corrected chi connectivity index (χ4v) is 2.09. The summed E-state index contributed by atoms with van der Waals surface area (Å²) in [6.07, 6.45) is -4.17. The van der Waals surface area contributed by atoms with Crippen LogP contribution in [0.3, 0.4) is 0 Å². The van der Waals surface area contributed by atoms with E-state index in [4.69, 9.17) is 4.42 Å². The SMILES string of the molecule is CCOC(=O)c1oc2c(c1C(F)(F)F)C(=O)CCC2. The molecule has 104 valence electrons. The maximum absolute atomic E-state index is 13.0. The maximum Gasteiger partial charge on any atom is 0.421 e. The van der Waals surface area contributed by atoms with Crippen molar-refractivity contribution in [3.05, 3.63) is 22.6 Å². The number of fused-ring (bicyclic) bond motifs is 1. The first kappa shape index (κ1) is 13.6. The molecule has 4 nitrogen and oxygen atoms in total. The van der Waals surface area contributed by atoms with Gasteiger partial charge in [-0.15, -0.1) is 0 Å². The number of carbonyl (C=O) groups is 2. The Labute approximate surface area is 106 Å². The molecule has 0 radical (unpaired) electrons. The number of hydrogen-bond acceptors (Lipinski definition) is 4. The molecule has 0 fully saturated rings. The Kier molecular flexibility index (Phi) is 3.38. The van der Waals surface area contributed by atoms with Crippen LogP contribution in [-0.2, 0) is 17.3 Å². The summed E-state index contributed by atoms with van der Waals surface area (Å²) in [5.74, 6) is -2.84. The van der Waals surface area contributed by atoms with Crippen molar-refractivity contribution in [1.29, 1.82) is 0 Å². The van der Waals surface area contributed by atoms with Crippen LogP contribution in [0.15, 0.2) is 4.42 Å². The van der Waals surface area contributed by atoms with Gasteiger partial charge >= 0.3 is 12.1 Å². The highest BCUT2D eigenvalue weighted by molar-refractivity contribution is 6.02. The summed E-state index contributed by atoms with van der Waals surface area (Å²) >= 11 is 0. The average Bonchev–Trinajstić information content (AvgIpc) is 2.69. The van der Waals surface area contributed by atoms with E-state index < -0.39 is 34.8 Å². The molecule has 0 bridgehead atoms. The second-order valence-corrected chi connectivity index (χ2v) is 4.10. The summed E-state index contributed by atoms with van der Waals surface area (Å²) in [4.78, 5) is 23.1. The lowest BCUT2D eigenvalue weighted by Crippen LogP contribution is -2.18. The summed E-state index contributed by atoms with van der Waals surface area (Å²) in [5.41, 5.74) is -1.81. The van der Waals surface area contributed by atoms with E-state index >= 15 is 0 Å². The van der Waals surface area contributed by atoms with Crippen LogP contribution in [0.4, 0.5) is 13.2 Å². The predicted molar refractivity (Wildman–Crippen MR) is 56.9 cm³/mol. The summed E-state index contributed by atoms with van der Waals surface area (Å²) < 4.78 is 48.5. The van der Waals surface area contributed by atoms with Gasteiger partial charge in [-0.1, -0.05) is 0 Å². The Balaban J connectivity index is 2.61. The molecule has 0 aliphatic heterocycles. The molecule has 0 aromatic carbocycles. The van der Waals surface area contributed by atoms with E-state index in [2.05, 4.69) is 4.74 Å². The zero-order valence-corrected chi connectivity index (χ0v) is 10.1. The Morgan fingerprint density at radius 1 is 1.37 bits per heavy atom. The van der Waals surface area contributed by atoms with Crippen LogP contribution in [0.2, 0.25) is 0 Å². The lowest BCUT2D eigenvalue weighted by molar-refractivity contribution is -0.138. The zero-order chi connectivity index (χ0) is 14.2. The molecule has 19 heavy (non-hydrogen) atoms. The van der Waals surface area contributed by atoms with E-state index in [1.165, 1.54) is 6.92 Å². The Morgan fingerprint density at radius 2 is 2.05 bits per heavy atom. The van der Waals surface area contributed by atoms with Crippen LogP contribution in [0.5, 0.6) is 0 Å². The van der Waals surface area contributed by atoms with Gasteiger partial charge in [-0.2, -0.15) is 13.2 Å². The van der Waals surface area contributed by atoms with Crippen molar-refractivity contribution in [2.75, 3.05) is 6.61 Å². The Hall–Kier alpha value is -1.79. The normalized spacial score (nSPS) is 15.3. The maximum atomic E-state index is 13.0. The van der Waals surface area contributed by atoms with E-state index in [0.29, 0.717) is 6.42 Å². The number of rotatable bonds is 2. The summed E-state index contributed by atoms with van der Waals surface area (Å²) in [5, 5.41) is 0. The van der Waals surface area contributed by atoms with Crippen LogP contribution in [0.25, 0.3) is 0 Å². The van der Waals surface area contributed by atoms with Gasteiger partial charge in [-0.3, -0.25) is 4.79 Å². The first-order chi connectivity index (χ1) is 8.86. The van der Waals surface area contributed by atoms with Crippen LogP contribution < -0.4 is 0 Å². The molecule has 2 rings (SSSR count). The third-order valence-corrected chi connectivity index (χ3v) is 2.81. The predicted octanol–water partition coefficient (Wildman–Crippen LogP) is 2.99. The van der Waals surface area contributed by atoms with Crippen molar-refractivity contribution >= 4 is 11.8 Å². The zero-order valence-electron chi connectivity index (χ0n) is 10.1. The molecule has 0 N–H and O–H groups in total. The number of ketones is 1. The quantitative estimate of drug-likeness (QED) is 0.779. The molecule has 0 amide bonds. The molecule has 0 spiro atoms. The highest BCUT2D eigenvalue weighted by Crippen LogP contribution is 2.40. The minimum absolute atomic E-state index is 0.0257. The van der Waals surface area contributed by atoms with E-state index in [1.807, 2.05) is 0 Å². The van der Waals surface area contributed by atoms with Gasteiger partial charge < -0.3 is 9.15 Å². The highest BCUT2D eigenvalue weighted by Gasteiger charge is 2.45. The smallest absolute Gasteiger partial charge is 0.421 e. The largest absolute Gasteiger partial charge is 0.460 e. The van der Waals surface area contributed by atoms with Gasteiger partial charge in [0, 0.05) is 12.8 Å². The van der Waals surface area contributed by atoms with Gasteiger partial charge in [0.15, 0.2) is 5.78 Å². The van der Waals surface area contributed by atoms with Crippen LogP contribution >= 0.6 is 0 Å². The number of carbonyl (C=O) groups excluding carboxylic acids is 2. The number of furan rings is 1. The molecule has 1 aromatic rings. The molecular weight excluding hydrogens is 265 g/mol. The second kappa shape index (κ2) is 4.71. The molecule has 1 heterocycles. The van der Waals surface area contributed by atoms with E-state index in [0.717, 1.165) is 0 Å². The molecule has 7 heteroatoms. The standard InChI is InChI=1S/C12H11F3O4/c1-2-18-11(17)10-9(12(13,14)15)8-6(16)4-3-5-7(8)19-10/h2-5H2,1H3. The molecule has 1 aliphatic rings. The third kappa shape index (κ3) is 2.36. The van der Waals surface area contributed by atoms with Crippen LogP contribution in [0, 0.1) is 0 Å². The van der Waals surface area contributed by atoms with Gasteiger partial charge in [-0.05, 0) is 13.3 Å². The van der Waals surface area contributed by atoms with Crippen LogP contribution in [-0.4, -0.2) is 18.4 Å². The lowest BCUT2D eigenvalue weighted by Gasteiger charge is -2.11. The number of ether oxygens (including phenoxy) is 1. The van der Waals surface area contributed by atoms with E-state index in [9.17, 15) is 22.8 Å². The van der Waals surface area contributed by atoms with Gasteiger partial charge in [0.2, 0.25) is 5.76 Å². The van der Waals surface area contributed by atoms with Gasteiger partial charge in [-0.25, -0.2) is 4.79 Å². The first-order valence-electron chi connectivity index (χ1n) is 5.79. The fraction of sp³-hybridized carbons (Fsp3) is 0.500. The molecule has 1 aromatic heterocycles. The van der Waals surface area contributed by atoms with Gasteiger partial charge in [0.05, 0.1) is 12.2 Å². The fourth-order valence-electron chi connectivity index (χ4n) is 2.09. The summed E-state index contributed by atoms with van der Waals surface area (Å²) in [7, 11) is 0. The number of hydrogen-bond donors (Lipinski definition) is 0. The number of esters is 1. The number of aryl methyl sites for hydroxylation is 1. The van der Waals surface area contributed by atoms with E-state index in [-0.39, 0.29) is 25.2 Å². The lowest BCUT2D eigenvalue weighted by atomic mass is 9.93. The van der Waals surface area contributed by atoms with Crippen molar-refractivity contribution in [3.8, 4) is 0 Å². The number of Topliss-reactive ketones (excluding diaryl/α,β-unsaturated/α-hetero) is 1. The van der Waals surface area contributed by atoms with Crippen molar-refractivity contribution < 1.29 is 31.9 Å². The van der Waals surface area contributed by atoms with Crippen LogP contribution in [0.1, 0.15) is 52.0 Å². The molecule has 0 saturated heterocycles. The Bertz CT molecular complexity index is 528. The molecule has 0 atom stereocenters. The van der Waals surface area contributed by atoms with Crippen molar-refractivity contribution in [1.82, 2.24) is 0 Å². The molecule has 0 unspecified atom stereocenters. The van der Waals surface area contributed by atoms with Crippen molar-refractivity contribution in [2.24, 2.45) is 0 Å². The van der Waals surface area contributed by atoms with Gasteiger partial charge in [0.25, 0.3) is 0 Å². The number of halogens is 3. The second-order valence-electron chi connectivity index (χ2n) is 4.10. The summed E-state index contributed by atoms with van der Waals surface area (Å²) in [6, 6.07) is 0. The average molecular weight is 276 g/mol. The molecule has 0 saturated carbocycles. The molecule has 1 aliphatic carbocycles. The minimum Gasteiger partial charge on any atom is -0.460 e. The summed E-state index contributed by atoms with van der Waals surface area (Å²) in [6.45, 7) is 1.40. The Morgan fingerprint density at radius 3 is 2.63 bits per heavy atom.